The maximum atomic E-state index is 12.9. The lowest BCUT2D eigenvalue weighted by molar-refractivity contribution is 0.0940. The monoisotopic (exact) mass is 447 g/mol. The maximum absolute atomic E-state index is 12.9. The normalized spacial score (nSPS) is 11.8. The molecule has 1 atom stereocenters. The van der Waals surface area contributed by atoms with E-state index in [1.165, 1.54) is 5.39 Å². The average molecular weight is 448 g/mol. The number of aromatic amines is 1. The fourth-order valence-corrected chi connectivity index (χ4v) is 4.19. The Morgan fingerprint density at radius 3 is 2.47 bits per heavy atom. The van der Waals surface area contributed by atoms with Gasteiger partial charge in [-0.05, 0) is 59.2 Å². The summed E-state index contributed by atoms with van der Waals surface area (Å²) in [4.78, 5) is 12.9. The zero-order chi connectivity index (χ0) is 23.5. The fraction of sp³-hybridized carbons (Fsp3) is 0.103. The summed E-state index contributed by atoms with van der Waals surface area (Å²) < 4.78 is 5.30. The second-order valence-corrected chi connectivity index (χ2v) is 8.24. The molecule has 0 unspecified atom stereocenters. The Hall–Kier alpha value is -4.38. The molecular weight excluding hydrogens is 422 g/mol. The van der Waals surface area contributed by atoms with Crippen molar-refractivity contribution in [1.82, 2.24) is 15.5 Å². The quantitative estimate of drug-likeness (QED) is 0.317. The average Bonchev–Trinajstić information content (AvgIpc) is 3.39. The molecule has 5 heteroatoms. The van der Waals surface area contributed by atoms with Crippen molar-refractivity contribution in [3.63, 3.8) is 0 Å². The number of hydrogen-bond acceptors (Lipinski definition) is 3. The predicted octanol–water partition coefficient (Wildman–Crippen LogP) is 6.40. The van der Waals surface area contributed by atoms with Crippen LogP contribution in [0.5, 0.6) is 5.75 Å². The fourth-order valence-electron chi connectivity index (χ4n) is 4.19. The molecule has 0 saturated carbocycles. The maximum Gasteiger partial charge on any atom is 0.251 e. The van der Waals surface area contributed by atoms with Crippen molar-refractivity contribution in [3.05, 3.63) is 108 Å². The molecule has 5 rings (SSSR count). The number of nitrogens with one attached hydrogen (secondary N) is 2. The minimum Gasteiger partial charge on any atom is -0.497 e. The van der Waals surface area contributed by atoms with E-state index in [-0.39, 0.29) is 11.9 Å². The minimum absolute atomic E-state index is 0.103. The van der Waals surface area contributed by atoms with Gasteiger partial charge in [-0.3, -0.25) is 9.89 Å². The first-order chi connectivity index (χ1) is 16.6. The van der Waals surface area contributed by atoms with Gasteiger partial charge in [-0.15, -0.1) is 0 Å². The molecule has 0 aliphatic rings. The Bertz CT molecular complexity index is 1450. The Kier molecular flexibility index (Phi) is 5.83. The number of nitrogens with zero attached hydrogens (tertiary/aromatic N) is 1. The standard InChI is InChI=1S/C29H25N3O2/c1-19(25-12-6-8-20-7-3-4-11-26(20)25)30-29(33)22-15-13-21(14-16-22)27-18-28(32-31-27)23-9-5-10-24(17-23)34-2/h3-19H,1-2H3,(H,30,33)(H,31,32)/t19-/m0/s1. The summed E-state index contributed by atoms with van der Waals surface area (Å²) in [5, 5.41) is 13.0. The summed E-state index contributed by atoms with van der Waals surface area (Å²) in [7, 11) is 1.65. The van der Waals surface area contributed by atoms with Crippen LogP contribution in [0, 0.1) is 0 Å². The lowest BCUT2D eigenvalue weighted by atomic mass is 9.99. The third kappa shape index (κ3) is 4.28. The molecule has 0 aliphatic carbocycles. The molecular formula is C29H25N3O2. The highest BCUT2D eigenvalue weighted by Crippen LogP contribution is 2.27. The second-order valence-electron chi connectivity index (χ2n) is 8.24. The first kappa shape index (κ1) is 21.5. The van der Waals surface area contributed by atoms with Gasteiger partial charge in [0.15, 0.2) is 0 Å². The number of rotatable bonds is 6. The first-order valence-electron chi connectivity index (χ1n) is 11.2. The summed E-state index contributed by atoms with van der Waals surface area (Å²) in [5.41, 5.74) is 5.36. The molecule has 0 radical (unpaired) electrons. The van der Waals surface area contributed by atoms with Crippen LogP contribution in [0.15, 0.2) is 97.1 Å². The number of hydrogen-bond donors (Lipinski definition) is 2. The number of H-pyrrole nitrogens is 1. The van der Waals surface area contributed by atoms with E-state index in [2.05, 4.69) is 39.8 Å². The molecule has 1 aromatic heterocycles. The molecule has 2 N–H and O–H groups in total. The molecule has 4 aromatic carbocycles. The summed E-state index contributed by atoms with van der Waals surface area (Å²) >= 11 is 0. The van der Waals surface area contributed by atoms with Crippen molar-refractivity contribution in [2.45, 2.75) is 13.0 Å². The summed E-state index contributed by atoms with van der Waals surface area (Å²) in [5.74, 6) is 0.684. The summed E-state index contributed by atoms with van der Waals surface area (Å²) in [6.45, 7) is 2.01. The first-order valence-corrected chi connectivity index (χ1v) is 11.2. The number of aromatic nitrogens is 2. The van der Waals surface area contributed by atoms with Crippen LogP contribution in [0.3, 0.4) is 0 Å². The number of amides is 1. The molecule has 5 aromatic rings. The van der Waals surface area contributed by atoms with Crippen LogP contribution >= 0.6 is 0 Å². The van der Waals surface area contributed by atoms with Gasteiger partial charge in [0.25, 0.3) is 5.91 Å². The van der Waals surface area contributed by atoms with Crippen molar-refractivity contribution < 1.29 is 9.53 Å². The number of methoxy groups -OCH3 is 1. The van der Waals surface area contributed by atoms with Crippen LogP contribution in [-0.2, 0) is 0 Å². The zero-order valence-corrected chi connectivity index (χ0v) is 19.1. The lowest BCUT2D eigenvalue weighted by Gasteiger charge is -2.17. The number of ether oxygens (including phenoxy) is 1. The molecule has 0 saturated heterocycles. The van der Waals surface area contributed by atoms with Gasteiger partial charge in [0.05, 0.1) is 24.5 Å². The van der Waals surface area contributed by atoms with E-state index in [0.717, 1.165) is 39.2 Å². The van der Waals surface area contributed by atoms with Crippen LogP contribution < -0.4 is 10.1 Å². The van der Waals surface area contributed by atoms with Gasteiger partial charge in [-0.1, -0.05) is 66.7 Å². The Morgan fingerprint density at radius 2 is 1.65 bits per heavy atom. The molecule has 0 aliphatic heterocycles. The topological polar surface area (TPSA) is 67.0 Å². The molecule has 1 amide bonds. The van der Waals surface area contributed by atoms with Crippen LogP contribution in [0.25, 0.3) is 33.3 Å². The van der Waals surface area contributed by atoms with Crippen LogP contribution in [0.4, 0.5) is 0 Å². The van der Waals surface area contributed by atoms with E-state index in [9.17, 15) is 4.79 Å². The minimum atomic E-state index is -0.115. The zero-order valence-electron chi connectivity index (χ0n) is 19.1. The van der Waals surface area contributed by atoms with E-state index in [0.29, 0.717) is 5.56 Å². The van der Waals surface area contributed by atoms with Crippen molar-refractivity contribution in [2.75, 3.05) is 7.11 Å². The number of fused-ring (bicyclic) bond motifs is 1. The largest absolute Gasteiger partial charge is 0.497 e. The van der Waals surface area contributed by atoms with E-state index in [1.807, 2.05) is 79.7 Å². The Morgan fingerprint density at radius 1 is 0.882 bits per heavy atom. The van der Waals surface area contributed by atoms with Crippen molar-refractivity contribution in [1.29, 1.82) is 0 Å². The summed E-state index contributed by atoms with van der Waals surface area (Å²) in [6, 6.07) is 31.6. The molecule has 168 valence electrons. The summed E-state index contributed by atoms with van der Waals surface area (Å²) in [6.07, 6.45) is 0. The molecule has 5 nitrogen and oxygen atoms in total. The van der Waals surface area contributed by atoms with Gasteiger partial charge >= 0.3 is 0 Å². The van der Waals surface area contributed by atoms with Crippen molar-refractivity contribution in [2.24, 2.45) is 0 Å². The molecule has 34 heavy (non-hydrogen) atoms. The smallest absolute Gasteiger partial charge is 0.251 e. The van der Waals surface area contributed by atoms with Gasteiger partial charge in [-0.25, -0.2) is 0 Å². The number of carbonyl (C=O) groups is 1. The van der Waals surface area contributed by atoms with Gasteiger partial charge < -0.3 is 10.1 Å². The number of carbonyl (C=O) groups excluding carboxylic acids is 1. The van der Waals surface area contributed by atoms with Crippen LogP contribution in [-0.4, -0.2) is 23.2 Å². The third-order valence-corrected chi connectivity index (χ3v) is 6.04. The Balaban J connectivity index is 1.31. The highest BCUT2D eigenvalue weighted by Gasteiger charge is 2.14. The predicted molar refractivity (Wildman–Crippen MR) is 136 cm³/mol. The molecule has 0 spiro atoms. The third-order valence-electron chi connectivity index (χ3n) is 6.04. The molecule has 1 heterocycles. The highest BCUT2D eigenvalue weighted by atomic mass is 16.5. The lowest BCUT2D eigenvalue weighted by Crippen LogP contribution is -2.26. The van der Waals surface area contributed by atoms with Gasteiger partial charge in [0, 0.05) is 11.1 Å². The van der Waals surface area contributed by atoms with Crippen LogP contribution in [0.2, 0.25) is 0 Å². The van der Waals surface area contributed by atoms with Crippen molar-refractivity contribution >= 4 is 16.7 Å². The Labute approximate surface area is 198 Å². The van der Waals surface area contributed by atoms with E-state index in [4.69, 9.17) is 4.74 Å². The van der Waals surface area contributed by atoms with Crippen molar-refractivity contribution in [3.8, 4) is 28.3 Å². The van der Waals surface area contributed by atoms with E-state index in [1.54, 1.807) is 7.11 Å². The highest BCUT2D eigenvalue weighted by molar-refractivity contribution is 5.95. The second kappa shape index (κ2) is 9.24. The van der Waals surface area contributed by atoms with Gasteiger partial charge in [0.2, 0.25) is 0 Å². The SMILES string of the molecule is COc1cccc(-c2cc(-c3ccc(C(=O)N[C@@H](C)c4cccc5ccccc45)cc3)[nH]n2)c1. The number of benzene rings is 4. The van der Waals surface area contributed by atoms with Gasteiger partial charge in [0.1, 0.15) is 5.75 Å². The van der Waals surface area contributed by atoms with Crippen LogP contribution in [0.1, 0.15) is 28.9 Å². The molecule has 0 fully saturated rings. The van der Waals surface area contributed by atoms with Gasteiger partial charge in [-0.2, -0.15) is 5.10 Å². The molecule has 0 bridgehead atoms. The van der Waals surface area contributed by atoms with E-state index < -0.39 is 0 Å². The van der Waals surface area contributed by atoms with E-state index >= 15 is 0 Å².